The van der Waals surface area contributed by atoms with Gasteiger partial charge in [0.05, 0.1) is 12.7 Å². The third kappa shape index (κ3) is 3.03. The van der Waals surface area contributed by atoms with Crippen molar-refractivity contribution in [1.82, 2.24) is 0 Å². The monoisotopic (exact) mass is 229 g/mol. The summed E-state index contributed by atoms with van der Waals surface area (Å²) in [6, 6.07) is 10.3. The molecule has 0 fully saturated rings. The molecule has 2 rings (SSSR count). The molecule has 0 bridgehead atoms. The summed E-state index contributed by atoms with van der Waals surface area (Å²) in [4.78, 5) is 15.5. The topological polar surface area (TPSA) is 38.7 Å². The Morgan fingerprint density at radius 2 is 2.06 bits per heavy atom. The van der Waals surface area contributed by atoms with Crippen LogP contribution in [0.2, 0.25) is 0 Å². The van der Waals surface area contributed by atoms with E-state index < -0.39 is 0 Å². The lowest BCUT2D eigenvalue weighted by Crippen LogP contribution is -2.06. The Kier molecular flexibility index (Phi) is 3.70. The first-order chi connectivity index (χ1) is 8.29. The lowest BCUT2D eigenvalue weighted by molar-refractivity contribution is -0.136. The van der Waals surface area contributed by atoms with Crippen molar-refractivity contribution >= 4 is 11.7 Å². The van der Waals surface area contributed by atoms with E-state index in [0.717, 1.165) is 18.6 Å². The minimum Gasteiger partial charge on any atom is -0.466 e. The second-order valence-corrected chi connectivity index (χ2v) is 4.00. The zero-order valence-corrected chi connectivity index (χ0v) is 9.85. The van der Waals surface area contributed by atoms with Crippen molar-refractivity contribution in [3.63, 3.8) is 0 Å². The van der Waals surface area contributed by atoms with Crippen LogP contribution < -0.4 is 0 Å². The number of ether oxygens (including phenoxy) is 1. The van der Waals surface area contributed by atoms with Gasteiger partial charge in [0.1, 0.15) is 0 Å². The third-order valence-electron chi connectivity index (χ3n) is 2.79. The number of nitrogens with zero attached hydrogens (tertiary/aromatic N) is 1. The summed E-state index contributed by atoms with van der Waals surface area (Å²) < 4.78 is 4.66. The number of hydrogen-bond acceptors (Lipinski definition) is 3. The summed E-state index contributed by atoms with van der Waals surface area (Å²) in [5.41, 5.74) is 2.99. The Labute approximate surface area is 101 Å². The second-order valence-electron chi connectivity index (χ2n) is 4.00. The van der Waals surface area contributed by atoms with Crippen molar-refractivity contribution in [2.24, 2.45) is 4.99 Å². The molecule has 1 aliphatic heterocycles. The van der Waals surface area contributed by atoms with Crippen molar-refractivity contribution in [2.45, 2.75) is 19.3 Å². The van der Waals surface area contributed by atoms with Crippen molar-refractivity contribution in [1.29, 1.82) is 0 Å². The van der Waals surface area contributed by atoms with Crippen LogP contribution in [-0.2, 0) is 16.0 Å². The normalized spacial score (nSPS) is 14.2. The highest BCUT2D eigenvalue weighted by molar-refractivity contribution is 6.00. The van der Waals surface area contributed by atoms with Crippen LogP contribution in [0.3, 0.4) is 0 Å². The van der Waals surface area contributed by atoms with E-state index in [-0.39, 0.29) is 5.97 Å². The summed E-state index contributed by atoms with van der Waals surface area (Å²) in [6.07, 6.45) is 4.09. The number of aliphatic imine (C=N–C) groups is 1. The van der Waals surface area contributed by atoms with Gasteiger partial charge in [-0.15, -0.1) is 0 Å². The first kappa shape index (κ1) is 11.6. The van der Waals surface area contributed by atoms with Gasteiger partial charge in [-0.05, 0) is 18.4 Å². The molecule has 3 heteroatoms. The molecule has 0 saturated carbocycles. The molecule has 0 unspecified atom stereocenters. The fraction of sp³-hybridized carbons (Fsp3) is 0.286. The molecule has 0 saturated heterocycles. The Bertz CT molecular complexity index is 460. The van der Waals surface area contributed by atoms with E-state index in [1.54, 1.807) is 6.20 Å². The number of aryl methyl sites for hydroxylation is 1. The van der Waals surface area contributed by atoms with Crippen LogP contribution in [0.25, 0.3) is 0 Å². The van der Waals surface area contributed by atoms with Gasteiger partial charge in [-0.3, -0.25) is 4.99 Å². The molecule has 88 valence electrons. The molecule has 0 amide bonds. The van der Waals surface area contributed by atoms with E-state index in [2.05, 4.69) is 21.9 Å². The Morgan fingerprint density at radius 3 is 2.76 bits per heavy atom. The van der Waals surface area contributed by atoms with E-state index in [0.29, 0.717) is 12.0 Å². The number of benzene rings is 1. The standard InChI is InChI=1S/C14H15NO2/c1-17-14(16)12-9-13(15-10-12)8-7-11-5-3-2-4-6-11/h2-6,10H,7-9H2,1H3. The summed E-state index contributed by atoms with van der Waals surface area (Å²) in [5.74, 6) is -0.275. The summed E-state index contributed by atoms with van der Waals surface area (Å²) >= 11 is 0. The Morgan fingerprint density at radius 1 is 1.29 bits per heavy atom. The SMILES string of the molecule is COC(=O)C1=CN=C(CCc2ccccc2)C1. The first-order valence-electron chi connectivity index (χ1n) is 5.66. The quantitative estimate of drug-likeness (QED) is 0.744. The fourth-order valence-electron chi connectivity index (χ4n) is 1.82. The van der Waals surface area contributed by atoms with Crippen LogP contribution in [0.1, 0.15) is 18.4 Å². The molecule has 3 nitrogen and oxygen atoms in total. The van der Waals surface area contributed by atoms with Gasteiger partial charge < -0.3 is 4.74 Å². The molecular weight excluding hydrogens is 214 g/mol. The predicted octanol–water partition coefficient (Wildman–Crippen LogP) is 2.52. The molecule has 1 aromatic rings. The smallest absolute Gasteiger partial charge is 0.335 e. The van der Waals surface area contributed by atoms with Gasteiger partial charge in [-0.1, -0.05) is 30.3 Å². The maximum atomic E-state index is 11.3. The minimum atomic E-state index is -0.275. The van der Waals surface area contributed by atoms with E-state index in [9.17, 15) is 4.79 Å². The van der Waals surface area contributed by atoms with Gasteiger partial charge in [0.15, 0.2) is 0 Å². The summed E-state index contributed by atoms with van der Waals surface area (Å²) in [6.45, 7) is 0. The van der Waals surface area contributed by atoms with Gasteiger partial charge >= 0.3 is 5.97 Å². The Hall–Kier alpha value is -1.90. The van der Waals surface area contributed by atoms with E-state index in [1.165, 1.54) is 12.7 Å². The van der Waals surface area contributed by atoms with Crippen molar-refractivity contribution in [3.8, 4) is 0 Å². The van der Waals surface area contributed by atoms with E-state index in [1.807, 2.05) is 18.2 Å². The van der Waals surface area contributed by atoms with Crippen molar-refractivity contribution in [2.75, 3.05) is 7.11 Å². The van der Waals surface area contributed by atoms with Crippen LogP contribution in [0.5, 0.6) is 0 Å². The van der Waals surface area contributed by atoms with Crippen LogP contribution in [0.15, 0.2) is 47.1 Å². The van der Waals surface area contributed by atoms with Crippen LogP contribution in [0.4, 0.5) is 0 Å². The summed E-state index contributed by atoms with van der Waals surface area (Å²) in [5, 5.41) is 0. The average molecular weight is 229 g/mol. The average Bonchev–Trinajstić information content (AvgIpc) is 2.85. The van der Waals surface area contributed by atoms with Crippen LogP contribution in [-0.4, -0.2) is 18.8 Å². The van der Waals surface area contributed by atoms with Gasteiger partial charge in [-0.25, -0.2) is 4.79 Å². The molecule has 0 radical (unpaired) electrons. The molecule has 0 aromatic heterocycles. The maximum Gasteiger partial charge on any atom is 0.335 e. The Balaban J connectivity index is 1.83. The molecule has 1 heterocycles. The fourth-order valence-corrected chi connectivity index (χ4v) is 1.82. The number of rotatable bonds is 4. The van der Waals surface area contributed by atoms with Gasteiger partial charge in [0.25, 0.3) is 0 Å². The minimum absolute atomic E-state index is 0.275. The molecule has 0 aliphatic carbocycles. The highest BCUT2D eigenvalue weighted by atomic mass is 16.5. The molecule has 1 aromatic carbocycles. The second kappa shape index (κ2) is 5.43. The van der Waals surface area contributed by atoms with Crippen LogP contribution in [0, 0.1) is 0 Å². The van der Waals surface area contributed by atoms with Gasteiger partial charge in [-0.2, -0.15) is 0 Å². The molecular formula is C14H15NO2. The van der Waals surface area contributed by atoms with E-state index >= 15 is 0 Å². The van der Waals surface area contributed by atoms with Crippen molar-refractivity contribution < 1.29 is 9.53 Å². The number of carbonyl (C=O) groups excluding carboxylic acids is 1. The number of methoxy groups -OCH3 is 1. The lowest BCUT2D eigenvalue weighted by Gasteiger charge is -2.02. The molecule has 0 spiro atoms. The zero-order chi connectivity index (χ0) is 12.1. The molecule has 0 atom stereocenters. The van der Waals surface area contributed by atoms with E-state index in [4.69, 9.17) is 0 Å². The number of hydrogen-bond donors (Lipinski definition) is 0. The summed E-state index contributed by atoms with van der Waals surface area (Å²) in [7, 11) is 1.39. The molecule has 0 N–H and O–H groups in total. The molecule has 17 heavy (non-hydrogen) atoms. The van der Waals surface area contributed by atoms with Crippen LogP contribution >= 0.6 is 0 Å². The maximum absolute atomic E-state index is 11.3. The molecule has 1 aliphatic rings. The highest BCUT2D eigenvalue weighted by Gasteiger charge is 2.17. The van der Waals surface area contributed by atoms with Gasteiger partial charge in [0.2, 0.25) is 0 Å². The number of esters is 1. The number of carbonyl (C=O) groups is 1. The van der Waals surface area contributed by atoms with Gasteiger partial charge in [0, 0.05) is 18.3 Å². The highest BCUT2D eigenvalue weighted by Crippen LogP contribution is 2.16. The van der Waals surface area contributed by atoms with Crippen molar-refractivity contribution in [3.05, 3.63) is 47.7 Å². The first-order valence-corrected chi connectivity index (χ1v) is 5.66. The third-order valence-corrected chi connectivity index (χ3v) is 2.79. The predicted molar refractivity (Wildman–Crippen MR) is 66.9 cm³/mol. The zero-order valence-electron chi connectivity index (χ0n) is 9.85. The largest absolute Gasteiger partial charge is 0.466 e. The lowest BCUT2D eigenvalue weighted by atomic mass is 10.0.